The zero-order valence-corrected chi connectivity index (χ0v) is 16.6. The molecule has 27 heavy (non-hydrogen) atoms. The summed E-state index contributed by atoms with van der Waals surface area (Å²) >= 11 is 0. The fraction of sp³-hybridized carbons (Fsp3) is 0.435. The number of hydrogen-bond acceptors (Lipinski definition) is 4. The summed E-state index contributed by atoms with van der Waals surface area (Å²) in [5.41, 5.74) is 9.32. The molecule has 0 aromatic heterocycles. The Morgan fingerprint density at radius 2 is 1.70 bits per heavy atom. The lowest BCUT2D eigenvalue weighted by molar-refractivity contribution is -0.156. The Kier molecular flexibility index (Phi) is 8.01. The lowest BCUT2D eigenvalue weighted by Gasteiger charge is -2.29. The summed E-state index contributed by atoms with van der Waals surface area (Å²) < 4.78 is 10.4. The summed E-state index contributed by atoms with van der Waals surface area (Å²) in [5, 5.41) is 0. The molecule has 2 N–H and O–H groups in total. The summed E-state index contributed by atoms with van der Waals surface area (Å²) in [6.45, 7) is 4.62. The predicted octanol–water partition coefficient (Wildman–Crippen LogP) is 4.22. The summed E-state index contributed by atoms with van der Waals surface area (Å²) in [6.07, 6.45) is 1.88. The topological polar surface area (TPSA) is 61.5 Å². The third-order valence-electron chi connectivity index (χ3n) is 4.90. The molecule has 2 aromatic carbocycles. The van der Waals surface area contributed by atoms with Crippen LogP contribution in [-0.4, -0.2) is 32.3 Å². The quantitative estimate of drug-likeness (QED) is 0.637. The maximum atomic E-state index is 12.4. The Labute approximate surface area is 162 Å². The second-order valence-electron chi connectivity index (χ2n) is 7.26. The lowest BCUT2D eigenvalue weighted by atomic mass is 9.79. The minimum absolute atomic E-state index is 0.126. The van der Waals surface area contributed by atoms with Crippen LogP contribution in [-0.2, 0) is 20.7 Å². The maximum Gasteiger partial charge on any atom is 0.311 e. The van der Waals surface area contributed by atoms with Crippen LogP contribution in [0.4, 0.5) is 0 Å². The maximum absolute atomic E-state index is 12.4. The predicted molar refractivity (Wildman–Crippen MR) is 109 cm³/mol. The first-order valence-corrected chi connectivity index (χ1v) is 9.54. The fourth-order valence-electron chi connectivity index (χ4n) is 3.34. The molecular formula is C23H31NO3. The fourth-order valence-corrected chi connectivity index (χ4v) is 3.34. The lowest BCUT2D eigenvalue weighted by Crippen LogP contribution is -2.38. The monoisotopic (exact) mass is 369 g/mol. The molecule has 0 unspecified atom stereocenters. The van der Waals surface area contributed by atoms with Gasteiger partial charge in [0.1, 0.15) is 0 Å². The highest BCUT2D eigenvalue weighted by molar-refractivity contribution is 5.76. The van der Waals surface area contributed by atoms with Crippen molar-refractivity contribution in [2.75, 3.05) is 20.3 Å². The number of carbonyl (C=O) groups excluding carboxylic acids is 1. The normalized spacial score (nSPS) is 14.4. The van der Waals surface area contributed by atoms with Crippen LogP contribution in [0.15, 0.2) is 54.6 Å². The Morgan fingerprint density at radius 3 is 2.30 bits per heavy atom. The van der Waals surface area contributed by atoms with Gasteiger partial charge < -0.3 is 15.2 Å². The van der Waals surface area contributed by atoms with E-state index in [-0.39, 0.29) is 12.0 Å². The molecule has 4 nitrogen and oxygen atoms in total. The van der Waals surface area contributed by atoms with Gasteiger partial charge in [0.15, 0.2) is 0 Å². The standard InChI is InChI=1S/C23H31NO3/c1-4-27-22(25)23(2,14-15-26-3)17-21(24)16-18-10-12-20(13-11-18)19-8-6-5-7-9-19/h5-13,21H,4,14-17,24H2,1-3H3/t21-,23-/m1/s1. The molecule has 0 heterocycles. The van der Waals surface area contributed by atoms with Gasteiger partial charge >= 0.3 is 5.97 Å². The van der Waals surface area contributed by atoms with Crippen LogP contribution >= 0.6 is 0 Å². The molecule has 0 bridgehead atoms. The number of methoxy groups -OCH3 is 1. The van der Waals surface area contributed by atoms with Gasteiger partial charge in [0, 0.05) is 19.8 Å². The Balaban J connectivity index is 2.02. The molecular weight excluding hydrogens is 338 g/mol. The van der Waals surface area contributed by atoms with Crippen molar-refractivity contribution in [3.63, 3.8) is 0 Å². The van der Waals surface area contributed by atoms with Crippen LogP contribution in [0, 0.1) is 5.41 Å². The highest BCUT2D eigenvalue weighted by Gasteiger charge is 2.36. The van der Waals surface area contributed by atoms with Gasteiger partial charge in [-0.1, -0.05) is 54.6 Å². The first kappa shape index (κ1) is 21.1. The number of esters is 1. The Morgan fingerprint density at radius 1 is 1.07 bits per heavy atom. The van der Waals surface area contributed by atoms with E-state index in [1.54, 1.807) is 7.11 Å². The van der Waals surface area contributed by atoms with Crippen LogP contribution in [0.1, 0.15) is 32.3 Å². The van der Waals surface area contributed by atoms with Gasteiger partial charge in [0.2, 0.25) is 0 Å². The SMILES string of the molecule is CCOC(=O)[C@](C)(CCOC)C[C@H](N)Cc1ccc(-c2ccccc2)cc1. The molecule has 2 aromatic rings. The minimum atomic E-state index is -0.630. The van der Waals surface area contributed by atoms with E-state index < -0.39 is 5.41 Å². The van der Waals surface area contributed by atoms with Gasteiger partial charge in [-0.3, -0.25) is 4.79 Å². The third kappa shape index (κ3) is 6.19. The van der Waals surface area contributed by atoms with Crippen LogP contribution in [0.3, 0.4) is 0 Å². The van der Waals surface area contributed by atoms with Gasteiger partial charge in [-0.05, 0) is 49.8 Å². The largest absolute Gasteiger partial charge is 0.466 e. The highest BCUT2D eigenvalue weighted by atomic mass is 16.5. The Hall–Kier alpha value is -2.17. The van der Waals surface area contributed by atoms with Crippen molar-refractivity contribution in [3.8, 4) is 11.1 Å². The molecule has 0 spiro atoms. The zero-order valence-electron chi connectivity index (χ0n) is 16.6. The van der Waals surface area contributed by atoms with E-state index in [1.807, 2.05) is 32.0 Å². The van der Waals surface area contributed by atoms with Gasteiger partial charge in [-0.15, -0.1) is 0 Å². The van der Waals surface area contributed by atoms with Crippen molar-refractivity contribution in [2.45, 2.75) is 39.2 Å². The first-order chi connectivity index (χ1) is 13.0. The summed E-state index contributed by atoms with van der Waals surface area (Å²) in [4.78, 5) is 12.4. The van der Waals surface area contributed by atoms with Crippen molar-refractivity contribution < 1.29 is 14.3 Å². The molecule has 2 rings (SSSR count). The number of benzene rings is 2. The average molecular weight is 370 g/mol. The van der Waals surface area contributed by atoms with Gasteiger partial charge in [0.25, 0.3) is 0 Å². The third-order valence-corrected chi connectivity index (χ3v) is 4.90. The minimum Gasteiger partial charge on any atom is -0.466 e. The van der Waals surface area contributed by atoms with Crippen molar-refractivity contribution in [2.24, 2.45) is 11.1 Å². The molecule has 0 aliphatic rings. The molecule has 0 saturated heterocycles. The van der Waals surface area contributed by atoms with E-state index in [9.17, 15) is 4.79 Å². The summed E-state index contributed by atoms with van der Waals surface area (Å²) in [5.74, 6) is -0.197. The van der Waals surface area contributed by atoms with Crippen molar-refractivity contribution in [1.29, 1.82) is 0 Å². The second-order valence-corrected chi connectivity index (χ2v) is 7.26. The van der Waals surface area contributed by atoms with Crippen molar-refractivity contribution in [1.82, 2.24) is 0 Å². The molecule has 0 aliphatic heterocycles. The van der Waals surface area contributed by atoms with Gasteiger partial charge in [-0.2, -0.15) is 0 Å². The molecule has 0 radical (unpaired) electrons. The molecule has 4 heteroatoms. The van der Waals surface area contributed by atoms with E-state index in [1.165, 1.54) is 16.7 Å². The van der Waals surface area contributed by atoms with E-state index >= 15 is 0 Å². The van der Waals surface area contributed by atoms with Gasteiger partial charge in [0.05, 0.1) is 12.0 Å². The van der Waals surface area contributed by atoms with E-state index in [0.717, 1.165) is 6.42 Å². The molecule has 0 amide bonds. The summed E-state index contributed by atoms with van der Waals surface area (Å²) in [6, 6.07) is 18.6. The van der Waals surface area contributed by atoms with Crippen LogP contribution in [0.25, 0.3) is 11.1 Å². The molecule has 0 saturated carbocycles. The van der Waals surface area contributed by atoms with E-state index in [2.05, 4.69) is 36.4 Å². The Bertz CT molecular complexity index is 699. The average Bonchev–Trinajstić information content (AvgIpc) is 2.68. The number of hydrogen-bond donors (Lipinski definition) is 1. The molecule has 146 valence electrons. The van der Waals surface area contributed by atoms with Crippen LogP contribution in [0.2, 0.25) is 0 Å². The molecule has 0 fully saturated rings. The number of rotatable bonds is 10. The van der Waals surface area contributed by atoms with Crippen LogP contribution in [0.5, 0.6) is 0 Å². The second kappa shape index (κ2) is 10.2. The number of carbonyl (C=O) groups is 1. The van der Waals surface area contributed by atoms with Crippen molar-refractivity contribution >= 4 is 5.97 Å². The number of ether oxygens (including phenoxy) is 2. The van der Waals surface area contributed by atoms with E-state index in [4.69, 9.17) is 15.2 Å². The van der Waals surface area contributed by atoms with Crippen molar-refractivity contribution in [3.05, 3.63) is 60.2 Å². The zero-order chi connectivity index (χ0) is 19.7. The van der Waals surface area contributed by atoms with Crippen LogP contribution < -0.4 is 5.73 Å². The highest BCUT2D eigenvalue weighted by Crippen LogP contribution is 2.30. The summed E-state index contributed by atoms with van der Waals surface area (Å²) in [7, 11) is 1.64. The smallest absolute Gasteiger partial charge is 0.311 e. The molecule has 2 atom stereocenters. The van der Waals surface area contributed by atoms with E-state index in [0.29, 0.717) is 26.1 Å². The molecule has 0 aliphatic carbocycles. The first-order valence-electron chi connectivity index (χ1n) is 9.54. The number of nitrogens with two attached hydrogens (primary N) is 1. The van der Waals surface area contributed by atoms with Gasteiger partial charge in [-0.25, -0.2) is 0 Å².